The van der Waals surface area contributed by atoms with Crippen molar-refractivity contribution in [3.8, 4) is 0 Å². The molecule has 0 spiro atoms. The van der Waals surface area contributed by atoms with Crippen LogP contribution in [-0.2, 0) is 4.74 Å². The van der Waals surface area contributed by atoms with Crippen LogP contribution in [0.25, 0.3) is 0 Å². The molecule has 5 heteroatoms. The number of hydrogen-bond donors (Lipinski definition) is 0. The highest BCUT2D eigenvalue weighted by Crippen LogP contribution is 2.30. The number of hydrogen-bond acceptors (Lipinski definition) is 3. The first kappa shape index (κ1) is 8.93. The van der Waals surface area contributed by atoms with Gasteiger partial charge in [-0.2, -0.15) is 0 Å². The van der Waals surface area contributed by atoms with E-state index in [9.17, 15) is 10.1 Å². The van der Waals surface area contributed by atoms with Crippen molar-refractivity contribution >= 4 is 15.9 Å². The SMILES string of the molecule is O=[N+]([O-])C1(Br)CCCOCC1. The van der Waals surface area contributed by atoms with E-state index in [0.717, 1.165) is 6.42 Å². The first-order valence-electron chi connectivity index (χ1n) is 3.56. The lowest BCUT2D eigenvalue weighted by Gasteiger charge is -2.14. The fraction of sp³-hybridized carbons (Fsp3) is 1.00. The smallest absolute Gasteiger partial charge is 0.276 e. The van der Waals surface area contributed by atoms with E-state index in [1.54, 1.807) is 0 Å². The maximum atomic E-state index is 10.5. The van der Waals surface area contributed by atoms with Crippen molar-refractivity contribution in [2.45, 2.75) is 23.7 Å². The fourth-order valence-corrected chi connectivity index (χ4v) is 1.53. The molecule has 0 saturated carbocycles. The van der Waals surface area contributed by atoms with Gasteiger partial charge in [-0.3, -0.25) is 10.1 Å². The number of nitrogens with zero attached hydrogens (tertiary/aromatic N) is 1. The normalized spacial score (nSPS) is 32.8. The quantitative estimate of drug-likeness (QED) is 0.294. The van der Waals surface area contributed by atoms with Crippen LogP contribution in [0.3, 0.4) is 0 Å². The van der Waals surface area contributed by atoms with Crippen LogP contribution < -0.4 is 0 Å². The van der Waals surface area contributed by atoms with Crippen molar-refractivity contribution in [1.82, 2.24) is 0 Å². The highest BCUT2D eigenvalue weighted by molar-refractivity contribution is 9.10. The van der Waals surface area contributed by atoms with Gasteiger partial charge in [0.15, 0.2) is 0 Å². The fourth-order valence-electron chi connectivity index (χ4n) is 1.08. The third-order valence-corrected chi connectivity index (χ3v) is 2.89. The molecule has 1 atom stereocenters. The Morgan fingerprint density at radius 3 is 2.82 bits per heavy atom. The Balaban J connectivity index is 2.59. The molecule has 11 heavy (non-hydrogen) atoms. The largest absolute Gasteiger partial charge is 0.381 e. The van der Waals surface area contributed by atoms with Gasteiger partial charge in [0.05, 0.1) is 13.0 Å². The lowest BCUT2D eigenvalue weighted by Crippen LogP contribution is -2.31. The highest BCUT2D eigenvalue weighted by Gasteiger charge is 2.39. The third-order valence-electron chi connectivity index (χ3n) is 1.81. The summed E-state index contributed by atoms with van der Waals surface area (Å²) in [7, 11) is 0. The Morgan fingerprint density at radius 1 is 1.45 bits per heavy atom. The van der Waals surface area contributed by atoms with Gasteiger partial charge in [-0.1, -0.05) is 0 Å². The number of rotatable bonds is 1. The maximum absolute atomic E-state index is 10.5. The zero-order valence-electron chi connectivity index (χ0n) is 6.09. The average Bonchev–Trinajstić information content (AvgIpc) is 2.15. The van der Waals surface area contributed by atoms with Gasteiger partial charge in [0, 0.05) is 33.9 Å². The topological polar surface area (TPSA) is 52.4 Å². The van der Waals surface area contributed by atoms with E-state index in [4.69, 9.17) is 4.74 Å². The van der Waals surface area contributed by atoms with Crippen LogP contribution in [0.4, 0.5) is 0 Å². The van der Waals surface area contributed by atoms with Crippen LogP contribution in [0.2, 0.25) is 0 Å². The van der Waals surface area contributed by atoms with Crippen molar-refractivity contribution < 1.29 is 9.66 Å². The number of alkyl halides is 1. The number of nitro groups is 1. The van der Waals surface area contributed by atoms with Crippen molar-refractivity contribution in [3.05, 3.63) is 10.1 Å². The first-order chi connectivity index (χ1) is 5.15. The van der Waals surface area contributed by atoms with Crippen molar-refractivity contribution in [2.75, 3.05) is 13.2 Å². The molecule has 0 radical (unpaired) electrons. The summed E-state index contributed by atoms with van der Waals surface area (Å²) in [4.78, 5) is 10.3. The van der Waals surface area contributed by atoms with E-state index in [0.29, 0.717) is 26.1 Å². The Bertz CT molecular complexity index is 154. The summed E-state index contributed by atoms with van der Waals surface area (Å²) in [5.74, 6) is 0. The van der Waals surface area contributed by atoms with Crippen LogP contribution in [0.15, 0.2) is 0 Å². The minimum absolute atomic E-state index is 0.262. The molecule has 0 bridgehead atoms. The van der Waals surface area contributed by atoms with Crippen LogP contribution in [0, 0.1) is 10.1 Å². The molecule has 0 amide bonds. The van der Waals surface area contributed by atoms with E-state index in [-0.39, 0.29) is 4.92 Å². The predicted molar refractivity (Wildman–Crippen MR) is 43.3 cm³/mol. The molecule has 1 rings (SSSR count). The Morgan fingerprint density at radius 2 is 2.18 bits per heavy atom. The molecule has 1 saturated heterocycles. The van der Waals surface area contributed by atoms with Gasteiger partial charge in [0.1, 0.15) is 0 Å². The Kier molecular flexibility index (Phi) is 2.84. The molecule has 0 aromatic carbocycles. The summed E-state index contributed by atoms with van der Waals surface area (Å²) in [6.07, 6.45) is 1.77. The van der Waals surface area contributed by atoms with Gasteiger partial charge in [-0.15, -0.1) is 0 Å². The van der Waals surface area contributed by atoms with Crippen LogP contribution in [0.1, 0.15) is 19.3 Å². The standard InChI is InChI=1S/C6H10BrNO3/c7-6(8(9)10)2-1-4-11-5-3-6/h1-5H2. The molecule has 1 fully saturated rings. The van der Waals surface area contributed by atoms with Crippen LogP contribution >= 0.6 is 15.9 Å². The molecule has 0 aromatic heterocycles. The number of halogens is 1. The van der Waals surface area contributed by atoms with Gasteiger partial charge >= 0.3 is 0 Å². The third kappa shape index (κ3) is 2.13. The van der Waals surface area contributed by atoms with E-state index in [1.165, 1.54) is 0 Å². The predicted octanol–water partition coefficient (Wildman–Crippen LogP) is 1.55. The van der Waals surface area contributed by atoms with Gasteiger partial charge in [0.25, 0.3) is 4.45 Å². The zero-order chi connectivity index (χ0) is 8.32. The Labute approximate surface area is 73.2 Å². The zero-order valence-corrected chi connectivity index (χ0v) is 7.67. The second kappa shape index (κ2) is 3.49. The molecule has 1 heterocycles. The van der Waals surface area contributed by atoms with Gasteiger partial charge in [-0.25, -0.2) is 0 Å². The summed E-state index contributed by atoms with van der Waals surface area (Å²) >= 11 is 3.13. The lowest BCUT2D eigenvalue weighted by atomic mass is 10.1. The lowest BCUT2D eigenvalue weighted by molar-refractivity contribution is -0.537. The summed E-state index contributed by atoms with van der Waals surface area (Å²) in [5, 5.41) is 10.5. The second-order valence-electron chi connectivity index (χ2n) is 2.64. The molecule has 64 valence electrons. The maximum Gasteiger partial charge on any atom is 0.276 e. The summed E-state index contributed by atoms with van der Waals surface area (Å²) in [5.41, 5.74) is 0. The first-order valence-corrected chi connectivity index (χ1v) is 4.36. The summed E-state index contributed by atoms with van der Waals surface area (Å²) < 4.78 is 4.18. The van der Waals surface area contributed by atoms with E-state index >= 15 is 0 Å². The van der Waals surface area contributed by atoms with Crippen molar-refractivity contribution in [1.29, 1.82) is 0 Å². The van der Waals surface area contributed by atoms with Gasteiger partial charge in [0.2, 0.25) is 0 Å². The molecular formula is C6H10BrNO3. The summed E-state index contributed by atoms with van der Waals surface area (Å²) in [6.45, 7) is 1.12. The minimum atomic E-state index is -0.927. The molecule has 1 aliphatic heterocycles. The minimum Gasteiger partial charge on any atom is -0.381 e. The van der Waals surface area contributed by atoms with Crippen LogP contribution in [0.5, 0.6) is 0 Å². The average molecular weight is 224 g/mol. The van der Waals surface area contributed by atoms with Gasteiger partial charge in [-0.05, 0) is 6.42 Å². The molecule has 0 aliphatic carbocycles. The van der Waals surface area contributed by atoms with E-state index in [2.05, 4.69) is 15.9 Å². The highest BCUT2D eigenvalue weighted by atomic mass is 79.9. The number of ether oxygens (including phenoxy) is 1. The second-order valence-corrected chi connectivity index (χ2v) is 4.12. The van der Waals surface area contributed by atoms with E-state index in [1.807, 2.05) is 0 Å². The molecule has 1 aliphatic rings. The molecular weight excluding hydrogens is 214 g/mol. The molecule has 1 unspecified atom stereocenters. The molecule has 4 nitrogen and oxygen atoms in total. The van der Waals surface area contributed by atoms with Crippen molar-refractivity contribution in [2.24, 2.45) is 0 Å². The van der Waals surface area contributed by atoms with Gasteiger partial charge < -0.3 is 4.74 Å². The van der Waals surface area contributed by atoms with Crippen LogP contribution in [-0.4, -0.2) is 22.6 Å². The monoisotopic (exact) mass is 223 g/mol. The molecule has 0 aromatic rings. The van der Waals surface area contributed by atoms with E-state index < -0.39 is 4.45 Å². The summed E-state index contributed by atoms with van der Waals surface area (Å²) in [6, 6.07) is 0. The van der Waals surface area contributed by atoms with Crippen molar-refractivity contribution in [3.63, 3.8) is 0 Å². The Hall–Kier alpha value is -0.160. The molecule has 0 N–H and O–H groups in total.